The number of aliphatic hydroxyl groups is 1. The predicted molar refractivity (Wildman–Crippen MR) is 93.4 cm³/mol. The van der Waals surface area contributed by atoms with Gasteiger partial charge >= 0.3 is 0 Å². The molecular weight excluding hydrogens is 357 g/mol. The highest BCUT2D eigenvalue weighted by atomic mass is 19.1. The molecule has 1 aromatic heterocycles. The van der Waals surface area contributed by atoms with Crippen molar-refractivity contribution >= 4 is 5.91 Å². The van der Waals surface area contributed by atoms with E-state index in [-0.39, 0.29) is 30.4 Å². The number of carbonyl (C=O) groups excluding carboxylic acids is 1. The number of methoxy groups -OCH3 is 1. The second-order valence-electron chi connectivity index (χ2n) is 6.81. The van der Waals surface area contributed by atoms with Crippen LogP contribution in [0.4, 0.5) is 4.39 Å². The molecule has 150 valence electrons. The van der Waals surface area contributed by atoms with Gasteiger partial charge in [0.1, 0.15) is 18.0 Å². The zero-order valence-corrected chi connectivity index (χ0v) is 15.3. The number of aliphatic hydroxyl groups excluding tert-OH is 1. The lowest BCUT2D eigenvalue weighted by molar-refractivity contribution is -0.124. The summed E-state index contributed by atoms with van der Waals surface area (Å²) in [4.78, 5) is 15.6. The number of amides is 1. The standard InChI is InChI=1S/C18H26FN3O5/c1-25-5-4-22-16(23)7-12-6-14-18(26-12)17(24)15(27-14)10-21-8-11-2-3-20-9-13(11)19/h2-3,9,12,14-15,17-18,21,24H,4-8,10H2,1H3,(H,22,23). The fraction of sp³-hybridized carbons (Fsp3) is 0.667. The van der Waals surface area contributed by atoms with Crippen molar-refractivity contribution in [3.8, 4) is 0 Å². The molecule has 1 aromatic rings. The Balaban J connectivity index is 1.39. The Morgan fingerprint density at radius 2 is 2.33 bits per heavy atom. The van der Waals surface area contributed by atoms with Gasteiger partial charge in [0.2, 0.25) is 5.91 Å². The molecule has 2 aliphatic heterocycles. The Hall–Kier alpha value is -1.65. The molecule has 3 rings (SSSR count). The first-order valence-electron chi connectivity index (χ1n) is 9.12. The molecule has 0 spiro atoms. The molecule has 2 saturated heterocycles. The van der Waals surface area contributed by atoms with Crippen molar-refractivity contribution in [3.63, 3.8) is 0 Å². The number of rotatable bonds is 9. The van der Waals surface area contributed by atoms with Crippen LogP contribution in [-0.2, 0) is 25.5 Å². The highest BCUT2D eigenvalue weighted by molar-refractivity contribution is 5.76. The van der Waals surface area contributed by atoms with Gasteiger partial charge in [-0.15, -0.1) is 0 Å². The third-order valence-corrected chi connectivity index (χ3v) is 4.84. The third-order valence-electron chi connectivity index (χ3n) is 4.84. The van der Waals surface area contributed by atoms with E-state index in [0.717, 1.165) is 0 Å². The summed E-state index contributed by atoms with van der Waals surface area (Å²) in [5, 5.41) is 16.3. The van der Waals surface area contributed by atoms with Gasteiger partial charge in [0.05, 0.1) is 37.5 Å². The minimum absolute atomic E-state index is 0.107. The predicted octanol–water partition coefficient (Wildman–Crippen LogP) is -0.251. The summed E-state index contributed by atoms with van der Waals surface area (Å²) < 4.78 is 30.2. The summed E-state index contributed by atoms with van der Waals surface area (Å²) in [7, 11) is 1.57. The summed E-state index contributed by atoms with van der Waals surface area (Å²) >= 11 is 0. The molecule has 3 N–H and O–H groups in total. The number of hydrogen-bond donors (Lipinski definition) is 3. The average molecular weight is 383 g/mol. The van der Waals surface area contributed by atoms with Crippen LogP contribution in [0.1, 0.15) is 18.4 Å². The molecule has 0 aromatic carbocycles. The van der Waals surface area contributed by atoms with Crippen molar-refractivity contribution in [2.45, 2.75) is 49.9 Å². The Bertz CT molecular complexity index is 635. The van der Waals surface area contributed by atoms with Crippen molar-refractivity contribution in [1.29, 1.82) is 0 Å². The van der Waals surface area contributed by atoms with E-state index in [1.165, 1.54) is 12.4 Å². The number of carbonyl (C=O) groups is 1. The molecule has 5 unspecified atom stereocenters. The van der Waals surface area contributed by atoms with Crippen LogP contribution >= 0.6 is 0 Å². The largest absolute Gasteiger partial charge is 0.388 e. The number of pyridine rings is 1. The Morgan fingerprint density at radius 1 is 1.48 bits per heavy atom. The maximum absolute atomic E-state index is 13.6. The normalized spacial score (nSPS) is 29.7. The van der Waals surface area contributed by atoms with E-state index in [9.17, 15) is 14.3 Å². The second-order valence-corrected chi connectivity index (χ2v) is 6.81. The molecule has 1 amide bonds. The van der Waals surface area contributed by atoms with Gasteiger partial charge in [0.15, 0.2) is 0 Å². The van der Waals surface area contributed by atoms with Gasteiger partial charge < -0.3 is 30.0 Å². The van der Waals surface area contributed by atoms with Crippen LogP contribution < -0.4 is 10.6 Å². The molecule has 27 heavy (non-hydrogen) atoms. The van der Waals surface area contributed by atoms with E-state index in [0.29, 0.717) is 38.2 Å². The SMILES string of the molecule is COCCNC(=O)CC1CC2OC(CNCc3ccncc3F)C(O)C2O1. The summed E-state index contributed by atoms with van der Waals surface area (Å²) in [5.74, 6) is -0.478. The molecule has 5 atom stereocenters. The molecule has 9 heteroatoms. The zero-order chi connectivity index (χ0) is 19.2. The zero-order valence-electron chi connectivity index (χ0n) is 15.3. The summed E-state index contributed by atoms with van der Waals surface area (Å²) in [6.45, 7) is 1.62. The fourth-order valence-corrected chi connectivity index (χ4v) is 3.48. The highest BCUT2D eigenvalue weighted by Gasteiger charge is 2.50. The minimum atomic E-state index is -0.786. The molecule has 0 aliphatic carbocycles. The van der Waals surface area contributed by atoms with Crippen molar-refractivity contribution in [3.05, 3.63) is 29.8 Å². The smallest absolute Gasteiger partial charge is 0.222 e. The van der Waals surface area contributed by atoms with Crippen LogP contribution in [0.3, 0.4) is 0 Å². The number of ether oxygens (including phenoxy) is 3. The van der Waals surface area contributed by atoms with Crippen LogP contribution in [0.5, 0.6) is 0 Å². The molecule has 2 fully saturated rings. The number of halogens is 1. The van der Waals surface area contributed by atoms with E-state index in [1.807, 2.05) is 0 Å². The summed E-state index contributed by atoms with van der Waals surface area (Å²) in [6, 6.07) is 1.61. The summed E-state index contributed by atoms with van der Waals surface area (Å²) in [6.07, 6.45) is 1.34. The van der Waals surface area contributed by atoms with Gasteiger partial charge in [-0.05, 0) is 6.07 Å². The molecule has 0 radical (unpaired) electrons. The highest BCUT2D eigenvalue weighted by Crippen LogP contribution is 2.35. The number of nitrogens with one attached hydrogen (secondary N) is 2. The second kappa shape index (κ2) is 9.52. The van der Waals surface area contributed by atoms with Gasteiger partial charge in [-0.25, -0.2) is 4.39 Å². The van der Waals surface area contributed by atoms with E-state index in [2.05, 4.69) is 15.6 Å². The number of aromatic nitrogens is 1. The van der Waals surface area contributed by atoms with Crippen LogP contribution in [0.15, 0.2) is 18.5 Å². The fourth-order valence-electron chi connectivity index (χ4n) is 3.48. The molecule has 3 heterocycles. The Kier molecular flexibility index (Phi) is 7.08. The van der Waals surface area contributed by atoms with E-state index < -0.39 is 18.3 Å². The molecule has 2 aliphatic rings. The van der Waals surface area contributed by atoms with Gasteiger partial charge in [-0.2, -0.15) is 0 Å². The third kappa shape index (κ3) is 5.20. The van der Waals surface area contributed by atoms with Gasteiger partial charge in [0.25, 0.3) is 0 Å². The minimum Gasteiger partial charge on any atom is -0.388 e. The number of hydrogen-bond acceptors (Lipinski definition) is 7. The van der Waals surface area contributed by atoms with E-state index in [1.54, 1.807) is 13.2 Å². The molecule has 0 saturated carbocycles. The summed E-state index contributed by atoms with van der Waals surface area (Å²) in [5.41, 5.74) is 0.508. The topological polar surface area (TPSA) is 102 Å². The number of nitrogens with zero attached hydrogens (tertiary/aromatic N) is 1. The lowest BCUT2D eigenvalue weighted by Gasteiger charge is -2.20. The Labute approximate surface area is 157 Å². The molecule has 8 nitrogen and oxygen atoms in total. The van der Waals surface area contributed by atoms with Crippen molar-refractivity contribution in [2.24, 2.45) is 0 Å². The van der Waals surface area contributed by atoms with Gasteiger partial charge in [-0.1, -0.05) is 0 Å². The van der Waals surface area contributed by atoms with Gasteiger partial charge in [0, 0.05) is 44.9 Å². The maximum Gasteiger partial charge on any atom is 0.222 e. The first-order valence-corrected chi connectivity index (χ1v) is 9.12. The average Bonchev–Trinajstić information content (AvgIpc) is 3.16. The quantitative estimate of drug-likeness (QED) is 0.506. The monoisotopic (exact) mass is 383 g/mol. The van der Waals surface area contributed by atoms with Crippen LogP contribution in [0.2, 0.25) is 0 Å². The van der Waals surface area contributed by atoms with E-state index in [4.69, 9.17) is 14.2 Å². The number of fused-ring (bicyclic) bond motifs is 1. The van der Waals surface area contributed by atoms with Crippen molar-refractivity contribution in [2.75, 3.05) is 26.8 Å². The van der Waals surface area contributed by atoms with Crippen LogP contribution in [0, 0.1) is 5.82 Å². The van der Waals surface area contributed by atoms with Crippen molar-refractivity contribution in [1.82, 2.24) is 15.6 Å². The molecular formula is C18H26FN3O5. The Morgan fingerprint density at radius 3 is 3.07 bits per heavy atom. The first kappa shape index (κ1) is 20.1. The van der Waals surface area contributed by atoms with Crippen LogP contribution in [0.25, 0.3) is 0 Å². The maximum atomic E-state index is 13.6. The van der Waals surface area contributed by atoms with Crippen LogP contribution in [-0.4, -0.2) is 73.3 Å². The molecule has 0 bridgehead atoms. The lowest BCUT2D eigenvalue weighted by Crippen LogP contribution is -2.39. The van der Waals surface area contributed by atoms with Crippen molar-refractivity contribution < 1.29 is 28.5 Å². The van der Waals surface area contributed by atoms with Gasteiger partial charge in [-0.3, -0.25) is 9.78 Å². The lowest BCUT2D eigenvalue weighted by atomic mass is 10.1. The first-order chi connectivity index (χ1) is 13.1. The van der Waals surface area contributed by atoms with E-state index >= 15 is 0 Å².